The maximum Gasteiger partial charge on any atom is 0.254 e. The van der Waals surface area contributed by atoms with Crippen LogP contribution in [-0.2, 0) is 0 Å². The first kappa shape index (κ1) is 15.1. The highest BCUT2D eigenvalue weighted by Crippen LogP contribution is 2.34. The smallest absolute Gasteiger partial charge is 0.254 e. The molecule has 2 N–H and O–H groups in total. The molecule has 0 fully saturated rings. The number of anilines is 2. The number of carbonyl (C=O) groups excluding carboxylic acids is 1. The van der Waals surface area contributed by atoms with Crippen molar-refractivity contribution in [3.8, 4) is 11.5 Å². The molecule has 7 heteroatoms. The maximum atomic E-state index is 12.0. The first-order chi connectivity index (χ1) is 10.9. The van der Waals surface area contributed by atoms with Gasteiger partial charge in [-0.2, -0.15) is 0 Å². The number of aromatic nitrogens is 2. The molecule has 3 rings (SSSR count). The van der Waals surface area contributed by atoms with Crippen LogP contribution in [0.5, 0.6) is 11.5 Å². The van der Waals surface area contributed by atoms with Crippen molar-refractivity contribution in [1.29, 1.82) is 0 Å². The first-order valence-corrected chi connectivity index (χ1v) is 7.22. The highest BCUT2D eigenvalue weighted by Gasteiger charge is 2.16. The van der Waals surface area contributed by atoms with Crippen molar-refractivity contribution < 1.29 is 14.3 Å². The highest BCUT2D eigenvalue weighted by molar-refractivity contribution is 5.94. The van der Waals surface area contributed by atoms with Gasteiger partial charge in [-0.15, -0.1) is 0 Å². The Morgan fingerprint density at radius 3 is 2.52 bits per heavy atom. The van der Waals surface area contributed by atoms with E-state index in [0.29, 0.717) is 23.0 Å². The van der Waals surface area contributed by atoms with Crippen LogP contribution in [0.3, 0.4) is 0 Å². The highest BCUT2D eigenvalue weighted by atomic mass is 16.7. The third-order valence-electron chi connectivity index (χ3n) is 3.03. The van der Waals surface area contributed by atoms with Gasteiger partial charge in [0.25, 0.3) is 5.91 Å². The Morgan fingerprint density at radius 2 is 1.83 bits per heavy atom. The van der Waals surface area contributed by atoms with E-state index in [1.807, 2.05) is 39.0 Å². The molecule has 0 atom stereocenters. The standard InChI is InChI=1S/C16H18N4O3/c1-16(2,3)20-14(21)10-7-17-15(18-8-10)19-11-4-5-12-13(6-11)23-9-22-12/h4-8H,9H2,1-3H3,(H,20,21)(H,17,18,19). The van der Waals surface area contributed by atoms with Crippen molar-refractivity contribution >= 4 is 17.5 Å². The van der Waals surface area contributed by atoms with Gasteiger partial charge in [0.1, 0.15) is 0 Å². The monoisotopic (exact) mass is 314 g/mol. The summed E-state index contributed by atoms with van der Waals surface area (Å²) in [4.78, 5) is 20.3. The Bertz CT molecular complexity index is 723. The summed E-state index contributed by atoms with van der Waals surface area (Å²) in [7, 11) is 0. The number of amides is 1. The average Bonchev–Trinajstić information content (AvgIpc) is 2.94. The topological polar surface area (TPSA) is 85.4 Å². The molecule has 0 unspecified atom stereocenters. The van der Waals surface area contributed by atoms with Crippen molar-refractivity contribution in [1.82, 2.24) is 15.3 Å². The van der Waals surface area contributed by atoms with Gasteiger partial charge in [-0.3, -0.25) is 4.79 Å². The minimum absolute atomic E-state index is 0.202. The van der Waals surface area contributed by atoms with Crippen molar-refractivity contribution in [2.45, 2.75) is 26.3 Å². The quantitative estimate of drug-likeness (QED) is 0.905. The van der Waals surface area contributed by atoms with Crippen molar-refractivity contribution in [2.24, 2.45) is 0 Å². The SMILES string of the molecule is CC(C)(C)NC(=O)c1cnc(Nc2ccc3c(c2)OCO3)nc1. The van der Waals surface area contributed by atoms with Crippen LogP contribution in [0.4, 0.5) is 11.6 Å². The Kier molecular flexibility index (Phi) is 3.77. The molecule has 1 aliphatic heterocycles. The fourth-order valence-electron chi connectivity index (χ4n) is 2.03. The number of hydrogen-bond acceptors (Lipinski definition) is 6. The molecule has 1 amide bonds. The molecular formula is C16H18N4O3. The molecule has 120 valence electrons. The second-order valence-corrected chi connectivity index (χ2v) is 6.19. The predicted octanol–water partition coefficient (Wildman–Crippen LogP) is 2.48. The Balaban J connectivity index is 1.69. The zero-order valence-electron chi connectivity index (χ0n) is 13.2. The Morgan fingerprint density at radius 1 is 1.13 bits per heavy atom. The van der Waals surface area contributed by atoms with Gasteiger partial charge in [-0.25, -0.2) is 9.97 Å². The van der Waals surface area contributed by atoms with Crippen molar-refractivity contribution in [2.75, 3.05) is 12.1 Å². The molecule has 0 aliphatic carbocycles. The molecule has 1 aliphatic rings. The van der Waals surface area contributed by atoms with E-state index in [-0.39, 0.29) is 18.2 Å². The normalized spacial score (nSPS) is 12.8. The van der Waals surface area contributed by atoms with Crippen LogP contribution in [0, 0.1) is 0 Å². The number of fused-ring (bicyclic) bond motifs is 1. The van der Waals surface area contributed by atoms with E-state index in [0.717, 1.165) is 5.69 Å². The van der Waals surface area contributed by atoms with E-state index in [9.17, 15) is 4.79 Å². The Labute approximate surface area is 134 Å². The summed E-state index contributed by atoms with van der Waals surface area (Å²) in [6, 6.07) is 5.47. The first-order valence-electron chi connectivity index (χ1n) is 7.22. The number of hydrogen-bond donors (Lipinski definition) is 2. The molecule has 7 nitrogen and oxygen atoms in total. The number of nitrogens with zero attached hydrogens (tertiary/aromatic N) is 2. The second kappa shape index (κ2) is 5.75. The lowest BCUT2D eigenvalue weighted by atomic mass is 10.1. The van der Waals surface area contributed by atoms with E-state index in [4.69, 9.17) is 9.47 Å². The fraction of sp³-hybridized carbons (Fsp3) is 0.312. The van der Waals surface area contributed by atoms with Crippen LogP contribution in [0.15, 0.2) is 30.6 Å². The molecule has 1 aromatic carbocycles. The number of rotatable bonds is 3. The summed E-state index contributed by atoms with van der Waals surface area (Å²) in [5, 5.41) is 5.92. The summed E-state index contributed by atoms with van der Waals surface area (Å²) in [5.74, 6) is 1.59. The van der Waals surface area contributed by atoms with Gasteiger partial charge in [-0.05, 0) is 32.9 Å². The van der Waals surface area contributed by atoms with E-state index in [1.54, 1.807) is 0 Å². The number of benzene rings is 1. The summed E-state index contributed by atoms with van der Waals surface area (Å²) in [6.07, 6.45) is 2.98. The molecule has 0 spiro atoms. The van der Waals surface area contributed by atoms with E-state index in [2.05, 4.69) is 20.6 Å². The van der Waals surface area contributed by atoms with Crippen LogP contribution in [-0.4, -0.2) is 28.2 Å². The molecule has 0 saturated heterocycles. The largest absolute Gasteiger partial charge is 0.454 e. The van der Waals surface area contributed by atoms with Gasteiger partial charge in [-0.1, -0.05) is 0 Å². The summed E-state index contributed by atoms with van der Waals surface area (Å²) in [6.45, 7) is 5.98. The molecule has 0 radical (unpaired) electrons. The summed E-state index contributed by atoms with van der Waals surface area (Å²) in [5.41, 5.74) is 0.887. The molecule has 0 bridgehead atoms. The van der Waals surface area contributed by atoms with Crippen molar-refractivity contribution in [3.05, 3.63) is 36.2 Å². The van der Waals surface area contributed by atoms with Crippen LogP contribution in [0.1, 0.15) is 31.1 Å². The molecule has 1 aromatic heterocycles. The van der Waals surface area contributed by atoms with Crippen LogP contribution in [0.2, 0.25) is 0 Å². The number of nitrogens with one attached hydrogen (secondary N) is 2. The van der Waals surface area contributed by atoms with Gasteiger partial charge < -0.3 is 20.1 Å². The van der Waals surface area contributed by atoms with Crippen LogP contribution < -0.4 is 20.1 Å². The second-order valence-electron chi connectivity index (χ2n) is 6.19. The lowest BCUT2D eigenvalue weighted by Crippen LogP contribution is -2.40. The summed E-state index contributed by atoms with van der Waals surface area (Å²) >= 11 is 0. The maximum absolute atomic E-state index is 12.0. The molecule has 23 heavy (non-hydrogen) atoms. The number of ether oxygens (including phenoxy) is 2. The van der Waals surface area contributed by atoms with Crippen molar-refractivity contribution in [3.63, 3.8) is 0 Å². The van der Waals surface area contributed by atoms with Gasteiger partial charge in [0.15, 0.2) is 11.5 Å². The van der Waals surface area contributed by atoms with E-state index in [1.165, 1.54) is 12.4 Å². The molecule has 0 saturated carbocycles. The molecule has 2 aromatic rings. The van der Waals surface area contributed by atoms with E-state index < -0.39 is 0 Å². The Hall–Kier alpha value is -2.83. The zero-order valence-corrected chi connectivity index (χ0v) is 13.2. The molecule has 2 heterocycles. The van der Waals surface area contributed by atoms with Gasteiger partial charge in [0.05, 0.1) is 5.56 Å². The van der Waals surface area contributed by atoms with Gasteiger partial charge in [0.2, 0.25) is 12.7 Å². The number of carbonyl (C=O) groups is 1. The lowest BCUT2D eigenvalue weighted by Gasteiger charge is -2.20. The summed E-state index contributed by atoms with van der Waals surface area (Å²) < 4.78 is 10.6. The third-order valence-corrected chi connectivity index (χ3v) is 3.03. The van der Waals surface area contributed by atoms with Crippen LogP contribution >= 0.6 is 0 Å². The van der Waals surface area contributed by atoms with E-state index >= 15 is 0 Å². The van der Waals surface area contributed by atoms with Gasteiger partial charge >= 0.3 is 0 Å². The third kappa shape index (κ3) is 3.68. The lowest BCUT2D eigenvalue weighted by molar-refractivity contribution is 0.0919. The average molecular weight is 314 g/mol. The van der Waals surface area contributed by atoms with Crippen LogP contribution in [0.25, 0.3) is 0 Å². The fourth-order valence-corrected chi connectivity index (χ4v) is 2.03. The minimum Gasteiger partial charge on any atom is -0.454 e. The predicted molar refractivity (Wildman–Crippen MR) is 85.1 cm³/mol. The minimum atomic E-state index is -0.305. The van der Waals surface area contributed by atoms with Gasteiger partial charge in [0, 0.05) is 29.7 Å². The molecular weight excluding hydrogens is 296 g/mol. The zero-order chi connectivity index (χ0) is 16.4.